The van der Waals surface area contributed by atoms with Crippen LogP contribution in [0.2, 0.25) is 0 Å². The first-order chi connectivity index (χ1) is 10.5. The first-order valence-electron chi connectivity index (χ1n) is 6.80. The Labute approximate surface area is 126 Å². The Hall–Kier alpha value is -2.77. The van der Waals surface area contributed by atoms with E-state index in [2.05, 4.69) is 10.3 Å². The van der Waals surface area contributed by atoms with Crippen LogP contribution in [0.5, 0.6) is 0 Å². The molecule has 0 fully saturated rings. The Morgan fingerprint density at radius 3 is 2.73 bits per heavy atom. The Kier molecular flexibility index (Phi) is 4.50. The van der Waals surface area contributed by atoms with E-state index in [1.807, 2.05) is 6.92 Å². The Morgan fingerprint density at radius 1 is 1.41 bits per heavy atom. The third-order valence-electron chi connectivity index (χ3n) is 3.14. The van der Waals surface area contributed by atoms with Gasteiger partial charge in [-0.3, -0.25) is 10.1 Å². The fraction of sp³-hybridized carbons (Fsp3) is 0.357. The van der Waals surface area contributed by atoms with Crippen LogP contribution in [-0.4, -0.2) is 32.5 Å². The number of ether oxygens (including phenoxy) is 1. The first kappa shape index (κ1) is 15.6. The third kappa shape index (κ3) is 2.95. The molecular weight excluding hydrogens is 288 g/mol. The summed E-state index contributed by atoms with van der Waals surface area (Å²) < 4.78 is 6.52. The molecule has 0 aliphatic rings. The van der Waals surface area contributed by atoms with Crippen molar-refractivity contribution < 1.29 is 14.5 Å². The number of nitrogens with zero attached hydrogens (tertiary/aromatic N) is 4. The summed E-state index contributed by atoms with van der Waals surface area (Å²) in [6.07, 6.45) is 0.723. The van der Waals surface area contributed by atoms with Crippen molar-refractivity contribution in [3.05, 3.63) is 45.3 Å². The molecule has 0 aliphatic carbocycles. The highest BCUT2D eigenvalue weighted by Gasteiger charge is 2.20. The van der Waals surface area contributed by atoms with Crippen LogP contribution in [0.1, 0.15) is 35.1 Å². The lowest BCUT2D eigenvalue weighted by molar-refractivity contribution is -0.384. The van der Waals surface area contributed by atoms with E-state index in [0.717, 1.165) is 6.42 Å². The van der Waals surface area contributed by atoms with Crippen LogP contribution < -0.4 is 0 Å². The van der Waals surface area contributed by atoms with E-state index >= 15 is 0 Å². The van der Waals surface area contributed by atoms with Gasteiger partial charge in [-0.25, -0.2) is 9.48 Å². The zero-order valence-electron chi connectivity index (χ0n) is 12.6. The number of hydrogen-bond donors (Lipinski definition) is 0. The quantitative estimate of drug-likeness (QED) is 0.477. The number of carbonyl (C=O) groups excluding carboxylic acids is 1. The molecule has 0 saturated heterocycles. The monoisotopic (exact) mass is 304 g/mol. The summed E-state index contributed by atoms with van der Waals surface area (Å²) in [5, 5.41) is 18.6. The van der Waals surface area contributed by atoms with Crippen LogP contribution in [0.4, 0.5) is 5.69 Å². The van der Waals surface area contributed by atoms with Crippen molar-refractivity contribution in [3.63, 3.8) is 0 Å². The maximum absolute atomic E-state index is 11.9. The zero-order valence-corrected chi connectivity index (χ0v) is 12.6. The highest BCUT2D eigenvalue weighted by Crippen LogP contribution is 2.21. The summed E-state index contributed by atoms with van der Waals surface area (Å²) in [4.78, 5) is 22.2. The van der Waals surface area contributed by atoms with Gasteiger partial charge in [0.2, 0.25) is 0 Å². The molecule has 1 aromatic carbocycles. The molecule has 0 N–H and O–H groups in total. The molecule has 2 aromatic rings. The molecular formula is C14H16N4O4. The molecule has 0 saturated carbocycles. The van der Waals surface area contributed by atoms with Gasteiger partial charge >= 0.3 is 5.97 Å². The van der Waals surface area contributed by atoms with Gasteiger partial charge in [-0.15, -0.1) is 5.10 Å². The minimum atomic E-state index is -0.523. The molecule has 1 heterocycles. The van der Waals surface area contributed by atoms with Crippen molar-refractivity contribution >= 4 is 11.7 Å². The number of aromatic nitrogens is 3. The molecule has 0 atom stereocenters. The number of nitro benzene ring substituents is 1. The number of rotatable bonds is 5. The predicted octanol–water partition coefficient (Wildman–Crippen LogP) is 2.36. The van der Waals surface area contributed by atoms with E-state index < -0.39 is 10.9 Å². The molecule has 2 rings (SSSR count). The Balaban J connectivity index is 2.36. The third-order valence-corrected chi connectivity index (χ3v) is 3.14. The van der Waals surface area contributed by atoms with Crippen LogP contribution in [0, 0.1) is 24.0 Å². The van der Waals surface area contributed by atoms with E-state index in [1.165, 1.54) is 16.8 Å². The minimum absolute atomic E-state index is 0.00148. The summed E-state index contributed by atoms with van der Waals surface area (Å²) in [5.74, 6) is -0.523. The topological polar surface area (TPSA) is 100 Å². The Bertz CT molecular complexity index is 724. The second-order valence-electron chi connectivity index (χ2n) is 4.80. The maximum Gasteiger partial charge on any atom is 0.360 e. The van der Waals surface area contributed by atoms with Crippen LogP contribution in [0.3, 0.4) is 0 Å². The van der Waals surface area contributed by atoms with Gasteiger partial charge in [-0.1, -0.05) is 12.1 Å². The van der Waals surface area contributed by atoms with Crippen molar-refractivity contribution in [1.29, 1.82) is 0 Å². The van der Waals surface area contributed by atoms with Crippen LogP contribution >= 0.6 is 0 Å². The van der Waals surface area contributed by atoms with Gasteiger partial charge < -0.3 is 4.74 Å². The summed E-state index contributed by atoms with van der Waals surface area (Å²) in [6, 6.07) is 4.42. The number of nitro groups is 1. The second-order valence-corrected chi connectivity index (χ2v) is 4.80. The highest BCUT2D eigenvalue weighted by molar-refractivity contribution is 5.88. The second kappa shape index (κ2) is 6.33. The predicted molar refractivity (Wildman–Crippen MR) is 78.1 cm³/mol. The maximum atomic E-state index is 11.9. The first-order valence-corrected chi connectivity index (χ1v) is 6.80. The highest BCUT2D eigenvalue weighted by atomic mass is 16.6. The molecule has 1 aromatic heterocycles. The SMILES string of the molecule is CCCOC(=O)c1nnn(-c2ccc([N+](=O)[O-])cc2C)c1C. The van der Waals surface area contributed by atoms with E-state index in [9.17, 15) is 14.9 Å². The van der Waals surface area contributed by atoms with Crippen molar-refractivity contribution in [1.82, 2.24) is 15.0 Å². The lowest BCUT2D eigenvalue weighted by atomic mass is 10.1. The van der Waals surface area contributed by atoms with E-state index in [-0.39, 0.29) is 11.4 Å². The van der Waals surface area contributed by atoms with Gasteiger partial charge in [0.15, 0.2) is 5.69 Å². The van der Waals surface area contributed by atoms with E-state index in [0.29, 0.717) is 23.6 Å². The average Bonchev–Trinajstić information content (AvgIpc) is 2.86. The van der Waals surface area contributed by atoms with Crippen LogP contribution in [-0.2, 0) is 4.74 Å². The molecule has 8 heteroatoms. The molecule has 0 aliphatic heterocycles. The number of benzene rings is 1. The number of aryl methyl sites for hydroxylation is 1. The van der Waals surface area contributed by atoms with Gasteiger partial charge in [0.25, 0.3) is 5.69 Å². The number of hydrogen-bond acceptors (Lipinski definition) is 6. The lowest BCUT2D eigenvalue weighted by Gasteiger charge is -2.07. The van der Waals surface area contributed by atoms with Crippen molar-refractivity contribution in [2.45, 2.75) is 27.2 Å². The van der Waals surface area contributed by atoms with Gasteiger partial charge in [0.05, 0.1) is 22.9 Å². The lowest BCUT2D eigenvalue weighted by Crippen LogP contribution is -2.09. The summed E-state index contributed by atoms with van der Waals surface area (Å²) in [6.45, 7) is 5.65. The number of non-ortho nitro benzene ring substituents is 1. The molecule has 0 amide bonds. The fourth-order valence-electron chi connectivity index (χ4n) is 2.00. The standard InChI is InChI=1S/C14H16N4O4/c1-4-7-22-14(19)13-10(3)17(16-15-13)12-6-5-11(18(20)21)8-9(12)2/h5-6,8H,4,7H2,1-3H3. The molecule has 0 spiro atoms. The van der Waals surface area contributed by atoms with Crippen molar-refractivity contribution in [2.75, 3.05) is 6.61 Å². The molecule has 116 valence electrons. The molecule has 0 bridgehead atoms. The van der Waals surface area contributed by atoms with E-state index in [1.54, 1.807) is 19.9 Å². The average molecular weight is 304 g/mol. The normalized spacial score (nSPS) is 10.5. The van der Waals surface area contributed by atoms with Crippen LogP contribution in [0.25, 0.3) is 5.69 Å². The molecule has 0 radical (unpaired) electrons. The van der Waals surface area contributed by atoms with E-state index in [4.69, 9.17) is 4.74 Å². The molecule has 22 heavy (non-hydrogen) atoms. The van der Waals surface area contributed by atoms with Gasteiger partial charge in [0, 0.05) is 12.1 Å². The summed E-state index contributed by atoms with van der Waals surface area (Å²) in [5.41, 5.74) is 1.96. The summed E-state index contributed by atoms with van der Waals surface area (Å²) >= 11 is 0. The minimum Gasteiger partial charge on any atom is -0.461 e. The number of esters is 1. The van der Waals surface area contributed by atoms with Crippen molar-refractivity contribution in [2.24, 2.45) is 0 Å². The molecule has 0 unspecified atom stereocenters. The fourth-order valence-corrected chi connectivity index (χ4v) is 2.00. The summed E-state index contributed by atoms with van der Waals surface area (Å²) in [7, 11) is 0. The smallest absolute Gasteiger partial charge is 0.360 e. The van der Waals surface area contributed by atoms with Gasteiger partial charge in [0.1, 0.15) is 0 Å². The molecule has 8 nitrogen and oxygen atoms in total. The Morgan fingerprint density at radius 2 is 2.14 bits per heavy atom. The largest absolute Gasteiger partial charge is 0.461 e. The van der Waals surface area contributed by atoms with Crippen LogP contribution in [0.15, 0.2) is 18.2 Å². The zero-order chi connectivity index (χ0) is 16.3. The van der Waals surface area contributed by atoms with Gasteiger partial charge in [-0.2, -0.15) is 0 Å². The number of carbonyl (C=O) groups is 1. The van der Waals surface area contributed by atoms with Gasteiger partial charge in [-0.05, 0) is 31.9 Å². The van der Waals surface area contributed by atoms with Crippen molar-refractivity contribution in [3.8, 4) is 5.69 Å².